The summed E-state index contributed by atoms with van der Waals surface area (Å²) in [6.07, 6.45) is 2.73. The van der Waals surface area contributed by atoms with Crippen LogP contribution in [0.2, 0.25) is 0 Å². The molecule has 0 aliphatic carbocycles. The Balaban J connectivity index is 1.64. The van der Waals surface area contributed by atoms with Gasteiger partial charge in [-0.15, -0.1) is 0 Å². The van der Waals surface area contributed by atoms with Gasteiger partial charge in [0.25, 0.3) is 0 Å². The van der Waals surface area contributed by atoms with Crippen molar-refractivity contribution in [1.29, 1.82) is 0 Å². The van der Waals surface area contributed by atoms with Gasteiger partial charge in [0.2, 0.25) is 0 Å². The molecule has 28 heavy (non-hydrogen) atoms. The number of halogens is 1. The Hall–Kier alpha value is -3.73. The van der Waals surface area contributed by atoms with E-state index in [4.69, 9.17) is 9.47 Å². The van der Waals surface area contributed by atoms with Crippen molar-refractivity contribution in [3.63, 3.8) is 0 Å². The molecule has 0 fully saturated rings. The highest BCUT2D eigenvalue weighted by atomic mass is 19.1. The maximum atomic E-state index is 13.6. The summed E-state index contributed by atoms with van der Waals surface area (Å²) in [5, 5.41) is 0. The first-order chi connectivity index (χ1) is 13.6. The van der Waals surface area contributed by atoms with E-state index < -0.39 is 11.8 Å². The predicted molar refractivity (Wildman–Crippen MR) is 104 cm³/mol. The van der Waals surface area contributed by atoms with Crippen LogP contribution in [0.15, 0.2) is 78.9 Å². The number of carbonyl (C=O) groups excluding carboxylic acids is 2. The zero-order chi connectivity index (χ0) is 19.9. The molecule has 0 saturated heterocycles. The van der Waals surface area contributed by atoms with Crippen LogP contribution in [0.1, 0.15) is 26.3 Å². The fraction of sp³-hybridized carbons (Fsp3) is 0.0435. The minimum Gasteiger partial charge on any atom is -0.497 e. The van der Waals surface area contributed by atoms with Crippen LogP contribution >= 0.6 is 0 Å². The van der Waals surface area contributed by atoms with Crippen molar-refractivity contribution in [2.75, 3.05) is 7.11 Å². The number of esters is 1. The molecular formula is C23H17FO4. The quantitative estimate of drug-likeness (QED) is 0.264. The predicted octanol–water partition coefficient (Wildman–Crippen LogP) is 4.95. The zero-order valence-corrected chi connectivity index (χ0v) is 15.1. The Morgan fingerprint density at radius 2 is 1.43 bits per heavy atom. The molecule has 0 unspecified atom stereocenters. The molecule has 0 saturated carbocycles. The lowest BCUT2D eigenvalue weighted by molar-refractivity contribution is 0.0734. The molecule has 0 bridgehead atoms. The number of carbonyl (C=O) groups is 2. The molecule has 0 radical (unpaired) electrons. The van der Waals surface area contributed by atoms with Gasteiger partial charge in [0.1, 0.15) is 17.3 Å². The minimum absolute atomic E-state index is 0.281. The number of hydrogen-bond acceptors (Lipinski definition) is 4. The number of hydrogen-bond donors (Lipinski definition) is 0. The molecule has 0 aliphatic rings. The van der Waals surface area contributed by atoms with E-state index in [0.717, 1.165) is 0 Å². The van der Waals surface area contributed by atoms with Gasteiger partial charge in [0, 0.05) is 11.1 Å². The molecule has 0 heterocycles. The molecule has 0 N–H and O–H groups in total. The summed E-state index contributed by atoms with van der Waals surface area (Å²) < 4.78 is 23.9. The average molecular weight is 376 g/mol. The van der Waals surface area contributed by atoms with Crippen LogP contribution < -0.4 is 9.47 Å². The van der Waals surface area contributed by atoms with E-state index in [1.807, 2.05) is 0 Å². The third kappa shape index (κ3) is 4.71. The van der Waals surface area contributed by atoms with Gasteiger partial charge < -0.3 is 9.47 Å². The molecule has 0 aromatic heterocycles. The van der Waals surface area contributed by atoms with Crippen molar-refractivity contribution in [2.45, 2.75) is 0 Å². The van der Waals surface area contributed by atoms with E-state index in [0.29, 0.717) is 28.2 Å². The van der Waals surface area contributed by atoms with Crippen LogP contribution in [-0.2, 0) is 0 Å². The highest BCUT2D eigenvalue weighted by Crippen LogP contribution is 2.17. The first-order valence-corrected chi connectivity index (χ1v) is 8.50. The molecule has 4 nitrogen and oxygen atoms in total. The van der Waals surface area contributed by atoms with Crippen molar-refractivity contribution in [2.24, 2.45) is 0 Å². The van der Waals surface area contributed by atoms with Crippen LogP contribution in [0.25, 0.3) is 6.08 Å². The highest BCUT2D eigenvalue weighted by molar-refractivity contribution is 6.06. The van der Waals surface area contributed by atoms with Gasteiger partial charge in [-0.2, -0.15) is 0 Å². The summed E-state index contributed by atoms with van der Waals surface area (Å²) in [7, 11) is 1.54. The summed E-state index contributed by atoms with van der Waals surface area (Å²) in [5.41, 5.74) is 1.12. The second-order valence-electron chi connectivity index (χ2n) is 5.86. The molecule has 0 aliphatic heterocycles. The maximum Gasteiger partial charge on any atom is 0.343 e. The van der Waals surface area contributed by atoms with Crippen molar-refractivity contribution < 1.29 is 23.5 Å². The Morgan fingerprint density at radius 3 is 2.07 bits per heavy atom. The first kappa shape index (κ1) is 19.0. The van der Waals surface area contributed by atoms with Crippen molar-refractivity contribution in [3.05, 3.63) is 101 Å². The van der Waals surface area contributed by atoms with Gasteiger partial charge in [-0.05, 0) is 66.7 Å². The van der Waals surface area contributed by atoms with Gasteiger partial charge in [0.15, 0.2) is 5.78 Å². The third-order valence-electron chi connectivity index (χ3n) is 3.99. The van der Waals surface area contributed by atoms with E-state index in [9.17, 15) is 14.0 Å². The summed E-state index contributed by atoms with van der Waals surface area (Å²) in [4.78, 5) is 24.4. The van der Waals surface area contributed by atoms with Crippen LogP contribution in [0.3, 0.4) is 0 Å². The number of methoxy groups -OCH3 is 1. The van der Waals surface area contributed by atoms with Crippen molar-refractivity contribution in [3.8, 4) is 11.5 Å². The van der Waals surface area contributed by atoms with Crippen LogP contribution in [-0.4, -0.2) is 18.9 Å². The average Bonchev–Trinajstić information content (AvgIpc) is 2.73. The van der Waals surface area contributed by atoms with E-state index in [2.05, 4.69) is 0 Å². The zero-order valence-electron chi connectivity index (χ0n) is 15.1. The van der Waals surface area contributed by atoms with Crippen LogP contribution in [0.5, 0.6) is 11.5 Å². The number of allylic oxidation sites excluding steroid dienone is 1. The largest absolute Gasteiger partial charge is 0.497 e. The monoisotopic (exact) mass is 376 g/mol. The summed E-state index contributed by atoms with van der Waals surface area (Å²) in [6.45, 7) is 0. The minimum atomic E-state index is -0.513. The molecule has 5 heteroatoms. The number of ketones is 1. The molecule has 3 aromatic carbocycles. The molecule has 140 valence electrons. The lowest BCUT2D eigenvalue weighted by Crippen LogP contribution is -2.08. The fourth-order valence-corrected chi connectivity index (χ4v) is 2.45. The number of ether oxygens (including phenoxy) is 2. The smallest absolute Gasteiger partial charge is 0.343 e. The van der Waals surface area contributed by atoms with Gasteiger partial charge in [-0.3, -0.25) is 4.79 Å². The first-order valence-electron chi connectivity index (χ1n) is 8.50. The second-order valence-corrected chi connectivity index (χ2v) is 5.86. The highest BCUT2D eigenvalue weighted by Gasteiger charge is 2.10. The van der Waals surface area contributed by atoms with Crippen molar-refractivity contribution >= 4 is 17.8 Å². The van der Waals surface area contributed by atoms with Crippen LogP contribution in [0.4, 0.5) is 4.39 Å². The standard InChI is InChI=1S/C23H17FO4/c1-27-19-11-8-18(9-12-19)23(26)28-20-13-6-17(7-14-20)22(25)15-10-16-4-2-3-5-21(16)24/h2-15H,1H3/b15-10+. The number of rotatable bonds is 6. The van der Waals surface area contributed by atoms with Gasteiger partial charge in [-0.1, -0.05) is 18.2 Å². The molecule has 3 rings (SSSR count). The Kier molecular flexibility index (Phi) is 5.97. The molecule has 0 spiro atoms. The summed E-state index contributed by atoms with van der Waals surface area (Å²) >= 11 is 0. The normalized spacial score (nSPS) is 10.6. The molecule has 0 amide bonds. The van der Waals surface area contributed by atoms with E-state index in [1.54, 1.807) is 61.7 Å². The third-order valence-corrected chi connectivity index (χ3v) is 3.99. The molecular weight excluding hydrogens is 359 g/mol. The molecule has 0 atom stereocenters. The van der Waals surface area contributed by atoms with Crippen LogP contribution in [0, 0.1) is 5.82 Å². The lowest BCUT2D eigenvalue weighted by Gasteiger charge is -2.06. The SMILES string of the molecule is COc1ccc(C(=O)Oc2ccc(C(=O)/C=C/c3ccccc3F)cc2)cc1. The number of benzene rings is 3. The summed E-state index contributed by atoms with van der Waals surface area (Å²) in [5.74, 6) is -0.233. The lowest BCUT2D eigenvalue weighted by atomic mass is 10.1. The van der Waals surface area contributed by atoms with Gasteiger partial charge in [-0.25, -0.2) is 9.18 Å². The fourth-order valence-electron chi connectivity index (χ4n) is 2.45. The van der Waals surface area contributed by atoms with Gasteiger partial charge >= 0.3 is 5.97 Å². The molecule has 3 aromatic rings. The van der Waals surface area contributed by atoms with Gasteiger partial charge in [0.05, 0.1) is 12.7 Å². The maximum absolute atomic E-state index is 13.6. The van der Waals surface area contributed by atoms with E-state index >= 15 is 0 Å². The Morgan fingerprint density at radius 1 is 0.821 bits per heavy atom. The second kappa shape index (κ2) is 8.77. The Labute approximate surface area is 161 Å². The van der Waals surface area contributed by atoms with Crippen molar-refractivity contribution in [1.82, 2.24) is 0 Å². The topological polar surface area (TPSA) is 52.6 Å². The van der Waals surface area contributed by atoms with E-state index in [1.165, 1.54) is 30.4 Å². The Bertz CT molecular complexity index is 1010. The van der Waals surface area contributed by atoms with E-state index in [-0.39, 0.29) is 5.78 Å². The summed E-state index contributed by atoms with van der Waals surface area (Å²) in [6, 6.07) is 18.9.